The molecule has 0 fully saturated rings. The molecule has 2 aromatic rings. The Balaban J connectivity index is 2.16. The monoisotopic (exact) mass is 324 g/mol. The van der Waals surface area contributed by atoms with Crippen LogP contribution >= 0.6 is 0 Å². The lowest BCUT2D eigenvalue weighted by molar-refractivity contribution is 0.0943. The van der Waals surface area contributed by atoms with Gasteiger partial charge in [0.15, 0.2) is 0 Å². The van der Waals surface area contributed by atoms with E-state index in [-0.39, 0.29) is 22.6 Å². The summed E-state index contributed by atoms with van der Waals surface area (Å²) < 4.78 is 37.1. The van der Waals surface area contributed by atoms with Crippen LogP contribution in [-0.2, 0) is 4.74 Å². The second-order valence-corrected chi connectivity index (χ2v) is 4.89. The first-order chi connectivity index (χ1) is 11.0. The van der Waals surface area contributed by atoms with Gasteiger partial charge in [0.2, 0.25) is 0 Å². The van der Waals surface area contributed by atoms with Crippen LogP contribution in [0.5, 0.6) is 0 Å². The average molecular weight is 324 g/mol. The van der Waals surface area contributed by atoms with E-state index in [0.717, 1.165) is 12.1 Å². The zero-order valence-corrected chi connectivity index (χ0v) is 13.0. The summed E-state index contributed by atoms with van der Waals surface area (Å²) in [4.78, 5) is 12.3. The van der Waals surface area contributed by atoms with Crippen molar-refractivity contribution in [3.05, 3.63) is 41.2 Å². The number of amides is 1. The highest BCUT2D eigenvalue weighted by Gasteiger charge is 2.23. The van der Waals surface area contributed by atoms with Gasteiger partial charge in [-0.05, 0) is 32.4 Å². The number of carbonyl (C=O) groups is 1. The zero-order valence-electron chi connectivity index (χ0n) is 13.0. The third-order valence-electron chi connectivity index (χ3n) is 3.23. The molecule has 124 valence electrons. The number of nitrogens with one attached hydrogen (secondary N) is 1. The SMILES string of the molecule is CCOCCCNC(=O)c1c(-c2ccc(F)cc2F)noc1C. The van der Waals surface area contributed by atoms with E-state index in [1.165, 1.54) is 6.07 Å². The Hall–Kier alpha value is -2.28. The molecule has 1 heterocycles. The van der Waals surface area contributed by atoms with Crippen molar-refractivity contribution in [2.75, 3.05) is 19.8 Å². The van der Waals surface area contributed by atoms with Crippen molar-refractivity contribution in [2.45, 2.75) is 20.3 Å². The van der Waals surface area contributed by atoms with Crippen molar-refractivity contribution in [1.29, 1.82) is 0 Å². The van der Waals surface area contributed by atoms with Crippen LogP contribution in [0.3, 0.4) is 0 Å². The molecular formula is C16H18F2N2O3. The van der Waals surface area contributed by atoms with Crippen molar-refractivity contribution < 1.29 is 22.8 Å². The molecule has 7 heteroatoms. The molecule has 1 aromatic heterocycles. The average Bonchev–Trinajstić information content (AvgIpc) is 2.88. The molecule has 1 N–H and O–H groups in total. The Kier molecular flexibility index (Phi) is 5.81. The number of rotatable bonds is 7. The molecule has 23 heavy (non-hydrogen) atoms. The fourth-order valence-corrected chi connectivity index (χ4v) is 2.11. The van der Waals surface area contributed by atoms with Gasteiger partial charge in [-0.15, -0.1) is 0 Å². The standard InChI is InChI=1S/C16H18F2N2O3/c1-3-22-8-4-7-19-16(21)14-10(2)23-20-15(14)12-6-5-11(17)9-13(12)18/h5-6,9H,3-4,7-8H2,1-2H3,(H,19,21). The minimum atomic E-state index is -0.802. The topological polar surface area (TPSA) is 64.4 Å². The van der Waals surface area contributed by atoms with E-state index in [1.807, 2.05) is 6.92 Å². The molecule has 0 spiro atoms. The lowest BCUT2D eigenvalue weighted by Gasteiger charge is -2.06. The van der Waals surface area contributed by atoms with Crippen LogP contribution < -0.4 is 5.32 Å². The first-order valence-corrected chi connectivity index (χ1v) is 7.32. The molecule has 1 aromatic carbocycles. The molecule has 0 bridgehead atoms. The van der Waals surface area contributed by atoms with Crippen molar-refractivity contribution in [3.8, 4) is 11.3 Å². The van der Waals surface area contributed by atoms with Crippen LogP contribution in [0.2, 0.25) is 0 Å². The predicted molar refractivity (Wildman–Crippen MR) is 80.0 cm³/mol. The van der Waals surface area contributed by atoms with Gasteiger partial charge in [0.05, 0.1) is 0 Å². The van der Waals surface area contributed by atoms with Crippen molar-refractivity contribution in [3.63, 3.8) is 0 Å². The highest BCUT2D eigenvalue weighted by atomic mass is 19.1. The number of carbonyl (C=O) groups excluding carboxylic acids is 1. The van der Waals surface area contributed by atoms with Gasteiger partial charge in [-0.3, -0.25) is 4.79 Å². The van der Waals surface area contributed by atoms with Crippen LogP contribution in [0, 0.1) is 18.6 Å². The van der Waals surface area contributed by atoms with Crippen LogP contribution in [-0.4, -0.2) is 30.8 Å². The number of hydrogen-bond donors (Lipinski definition) is 1. The highest BCUT2D eigenvalue weighted by molar-refractivity contribution is 6.00. The van der Waals surface area contributed by atoms with Crippen LogP contribution in [0.15, 0.2) is 22.7 Å². The van der Waals surface area contributed by atoms with Crippen LogP contribution in [0.4, 0.5) is 8.78 Å². The van der Waals surface area contributed by atoms with E-state index in [4.69, 9.17) is 9.26 Å². The van der Waals surface area contributed by atoms with E-state index in [1.54, 1.807) is 6.92 Å². The molecule has 0 saturated carbocycles. The van der Waals surface area contributed by atoms with Gasteiger partial charge in [0.1, 0.15) is 28.7 Å². The summed E-state index contributed by atoms with van der Waals surface area (Å²) in [6, 6.07) is 3.07. The summed E-state index contributed by atoms with van der Waals surface area (Å²) >= 11 is 0. The number of hydrogen-bond acceptors (Lipinski definition) is 4. The highest BCUT2D eigenvalue weighted by Crippen LogP contribution is 2.27. The number of aromatic nitrogens is 1. The quantitative estimate of drug-likeness (QED) is 0.795. The number of aryl methyl sites for hydroxylation is 1. The lowest BCUT2D eigenvalue weighted by Crippen LogP contribution is -2.26. The Labute approximate surface area is 132 Å². The smallest absolute Gasteiger partial charge is 0.257 e. The minimum absolute atomic E-state index is 0.0164. The summed E-state index contributed by atoms with van der Waals surface area (Å²) in [5.74, 6) is -1.65. The van der Waals surface area contributed by atoms with Gasteiger partial charge in [0, 0.05) is 31.4 Å². The Morgan fingerprint density at radius 1 is 1.39 bits per heavy atom. The zero-order chi connectivity index (χ0) is 16.8. The van der Waals surface area contributed by atoms with Crippen molar-refractivity contribution in [2.24, 2.45) is 0 Å². The van der Waals surface area contributed by atoms with Crippen molar-refractivity contribution >= 4 is 5.91 Å². The Bertz CT molecular complexity index is 686. The molecule has 0 radical (unpaired) electrons. The molecule has 0 saturated heterocycles. The van der Waals surface area contributed by atoms with E-state index in [2.05, 4.69) is 10.5 Å². The second kappa shape index (κ2) is 7.82. The second-order valence-electron chi connectivity index (χ2n) is 4.89. The number of nitrogens with zero attached hydrogens (tertiary/aromatic N) is 1. The molecule has 0 atom stereocenters. The maximum atomic E-state index is 13.9. The van der Waals surface area contributed by atoms with Gasteiger partial charge in [-0.1, -0.05) is 5.16 Å². The maximum Gasteiger partial charge on any atom is 0.257 e. The van der Waals surface area contributed by atoms with Gasteiger partial charge in [-0.25, -0.2) is 8.78 Å². The number of benzene rings is 1. The molecule has 0 aliphatic carbocycles. The molecule has 2 rings (SSSR count). The molecule has 0 unspecified atom stereocenters. The van der Waals surface area contributed by atoms with E-state index >= 15 is 0 Å². The molecule has 0 aliphatic heterocycles. The van der Waals surface area contributed by atoms with E-state index in [0.29, 0.717) is 26.2 Å². The van der Waals surface area contributed by atoms with Crippen molar-refractivity contribution in [1.82, 2.24) is 10.5 Å². The van der Waals surface area contributed by atoms with Gasteiger partial charge in [-0.2, -0.15) is 0 Å². The Morgan fingerprint density at radius 2 is 2.17 bits per heavy atom. The molecular weight excluding hydrogens is 306 g/mol. The van der Waals surface area contributed by atoms with Gasteiger partial charge >= 0.3 is 0 Å². The molecule has 5 nitrogen and oxygen atoms in total. The predicted octanol–water partition coefficient (Wildman–Crippen LogP) is 3.08. The van der Waals surface area contributed by atoms with Gasteiger partial charge in [0.25, 0.3) is 5.91 Å². The summed E-state index contributed by atoms with van der Waals surface area (Å²) in [6.07, 6.45) is 0.657. The summed E-state index contributed by atoms with van der Waals surface area (Å²) in [5.41, 5.74) is 0.219. The Morgan fingerprint density at radius 3 is 2.87 bits per heavy atom. The van der Waals surface area contributed by atoms with E-state index < -0.39 is 17.5 Å². The fourth-order valence-electron chi connectivity index (χ4n) is 2.11. The van der Waals surface area contributed by atoms with Crippen LogP contribution in [0.1, 0.15) is 29.5 Å². The summed E-state index contributed by atoms with van der Waals surface area (Å²) in [7, 11) is 0. The van der Waals surface area contributed by atoms with Gasteiger partial charge < -0.3 is 14.6 Å². The summed E-state index contributed by atoms with van der Waals surface area (Å²) in [6.45, 7) is 5.02. The lowest BCUT2D eigenvalue weighted by atomic mass is 10.0. The minimum Gasteiger partial charge on any atom is -0.382 e. The first kappa shape index (κ1) is 17.1. The van der Waals surface area contributed by atoms with Crippen LogP contribution in [0.25, 0.3) is 11.3 Å². The maximum absolute atomic E-state index is 13.9. The number of ether oxygens (including phenoxy) is 1. The third-order valence-corrected chi connectivity index (χ3v) is 3.23. The number of halogens is 2. The largest absolute Gasteiger partial charge is 0.382 e. The normalized spacial score (nSPS) is 10.8. The molecule has 1 amide bonds. The molecule has 0 aliphatic rings. The first-order valence-electron chi connectivity index (χ1n) is 7.32. The van der Waals surface area contributed by atoms with E-state index in [9.17, 15) is 13.6 Å². The fraction of sp³-hybridized carbons (Fsp3) is 0.375. The third kappa shape index (κ3) is 4.13. The summed E-state index contributed by atoms with van der Waals surface area (Å²) in [5, 5.41) is 6.44.